The van der Waals surface area contributed by atoms with Crippen molar-refractivity contribution in [2.45, 2.75) is 17.9 Å². The molecule has 0 spiro atoms. The van der Waals surface area contributed by atoms with Crippen molar-refractivity contribution >= 4 is 26.8 Å². The molecule has 1 aromatic carbocycles. The Morgan fingerprint density at radius 1 is 1.17 bits per heavy atom. The molecule has 7 heteroatoms. The Kier molecular flexibility index (Phi) is 4.11. The number of esters is 1. The average molecular weight is 344 g/mol. The number of nitrogens with one attached hydrogen (secondary N) is 1. The van der Waals surface area contributed by atoms with E-state index in [1.54, 1.807) is 43.6 Å². The Bertz CT molecular complexity index is 991. The number of hydrogen-bond donors (Lipinski definition) is 1. The van der Waals surface area contributed by atoms with Gasteiger partial charge in [0.05, 0.1) is 10.5 Å². The molecule has 3 aromatic rings. The number of H-pyrrole nitrogens is 1. The van der Waals surface area contributed by atoms with Crippen LogP contribution in [0.25, 0.3) is 11.0 Å². The van der Waals surface area contributed by atoms with Gasteiger partial charge in [0.2, 0.25) is 0 Å². The highest BCUT2D eigenvalue weighted by molar-refractivity contribution is 7.90. The van der Waals surface area contributed by atoms with Crippen molar-refractivity contribution in [2.75, 3.05) is 6.26 Å². The predicted molar refractivity (Wildman–Crippen MR) is 89.5 cm³/mol. The molecule has 1 atom stereocenters. The maximum atomic E-state index is 12.4. The van der Waals surface area contributed by atoms with E-state index in [-0.39, 0.29) is 4.90 Å². The number of aromatic amines is 1. The molecule has 2 aromatic heterocycles. The average Bonchev–Trinajstić information content (AvgIpc) is 3.02. The number of hydrogen-bond acceptors (Lipinski definition) is 5. The van der Waals surface area contributed by atoms with Crippen molar-refractivity contribution in [3.8, 4) is 0 Å². The molecule has 0 saturated carbocycles. The van der Waals surface area contributed by atoms with Crippen molar-refractivity contribution in [3.05, 3.63) is 59.9 Å². The van der Waals surface area contributed by atoms with E-state index in [0.717, 1.165) is 11.8 Å². The fraction of sp³-hybridized carbons (Fsp3) is 0.176. The molecule has 0 aliphatic heterocycles. The van der Waals surface area contributed by atoms with Crippen LogP contribution in [0.15, 0.2) is 53.7 Å². The molecule has 24 heavy (non-hydrogen) atoms. The first-order chi connectivity index (χ1) is 11.4. The van der Waals surface area contributed by atoms with Gasteiger partial charge in [-0.2, -0.15) is 0 Å². The number of pyridine rings is 1. The summed E-state index contributed by atoms with van der Waals surface area (Å²) in [6, 6.07) is 9.68. The number of nitrogens with zero attached hydrogens (tertiary/aromatic N) is 1. The summed E-state index contributed by atoms with van der Waals surface area (Å²) in [4.78, 5) is 19.7. The Morgan fingerprint density at radius 2 is 1.88 bits per heavy atom. The van der Waals surface area contributed by atoms with E-state index in [1.807, 2.05) is 0 Å². The summed E-state index contributed by atoms with van der Waals surface area (Å²) < 4.78 is 28.5. The summed E-state index contributed by atoms with van der Waals surface area (Å²) in [5, 5.41) is 0.696. The Morgan fingerprint density at radius 3 is 2.54 bits per heavy atom. The zero-order valence-electron chi connectivity index (χ0n) is 13.2. The van der Waals surface area contributed by atoms with Crippen LogP contribution in [-0.2, 0) is 14.6 Å². The first-order valence-corrected chi connectivity index (χ1v) is 9.18. The lowest BCUT2D eigenvalue weighted by molar-refractivity contribution is 0.0340. The molecule has 0 aliphatic carbocycles. The predicted octanol–water partition coefficient (Wildman–Crippen LogP) is 2.88. The third-order valence-corrected chi connectivity index (χ3v) is 4.87. The van der Waals surface area contributed by atoms with Crippen LogP contribution >= 0.6 is 0 Å². The number of carbonyl (C=O) groups excluding carboxylic acids is 1. The summed E-state index contributed by atoms with van der Waals surface area (Å²) in [6.07, 6.45) is 3.90. The quantitative estimate of drug-likeness (QED) is 0.735. The third kappa shape index (κ3) is 3.16. The molecular weight excluding hydrogens is 328 g/mol. The molecule has 2 heterocycles. The van der Waals surface area contributed by atoms with Crippen molar-refractivity contribution in [1.29, 1.82) is 0 Å². The lowest BCUT2D eigenvalue weighted by Gasteiger charge is -2.14. The molecule has 0 saturated heterocycles. The molecule has 0 amide bonds. The highest BCUT2D eigenvalue weighted by atomic mass is 32.2. The van der Waals surface area contributed by atoms with Gasteiger partial charge in [0.25, 0.3) is 0 Å². The van der Waals surface area contributed by atoms with Gasteiger partial charge < -0.3 is 9.72 Å². The number of ether oxygens (including phenoxy) is 1. The fourth-order valence-electron chi connectivity index (χ4n) is 2.42. The lowest BCUT2D eigenvalue weighted by Crippen LogP contribution is -2.10. The highest BCUT2D eigenvalue weighted by Gasteiger charge is 2.17. The molecule has 0 radical (unpaired) electrons. The van der Waals surface area contributed by atoms with Gasteiger partial charge in [-0.05, 0) is 36.8 Å². The molecule has 1 N–H and O–H groups in total. The van der Waals surface area contributed by atoms with Gasteiger partial charge in [0.15, 0.2) is 9.84 Å². The number of fused-ring (bicyclic) bond motifs is 1. The van der Waals surface area contributed by atoms with Gasteiger partial charge in [0, 0.05) is 24.0 Å². The lowest BCUT2D eigenvalue weighted by atomic mass is 10.1. The molecule has 124 valence electrons. The summed E-state index contributed by atoms with van der Waals surface area (Å²) >= 11 is 0. The smallest absolute Gasteiger partial charge is 0.339 e. The Labute approximate surface area is 139 Å². The largest absolute Gasteiger partial charge is 0.454 e. The minimum atomic E-state index is -3.25. The van der Waals surface area contributed by atoms with Crippen LogP contribution in [0.5, 0.6) is 0 Å². The van der Waals surface area contributed by atoms with E-state index in [0.29, 0.717) is 16.6 Å². The van der Waals surface area contributed by atoms with Gasteiger partial charge in [-0.15, -0.1) is 0 Å². The normalized spacial score (nSPS) is 12.9. The summed E-state index contributed by atoms with van der Waals surface area (Å²) in [7, 11) is -3.25. The van der Waals surface area contributed by atoms with Gasteiger partial charge in [0.1, 0.15) is 11.8 Å². The Balaban J connectivity index is 1.80. The van der Waals surface area contributed by atoms with Gasteiger partial charge >= 0.3 is 5.97 Å². The minimum Gasteiger partial charge on any atom is -0.454 e. The second-order valence-corrected chi connectivity index (χ2v) is 7.50. The first kappa shape index (κ1) is 16.2. The van der Waals surface area contributed by atoms with Crippen molar-refractivity contribution < 1.29 is 17.9 Å². The number of benzene rings is 1. The van der Waals surface area contributed by atoms with Crippen LogP contribution < -0.4 is 0 Å². The topological polar surface area (TPSA) is 89.1 Å². The van der Waals surface area contributed by atoms with Crippen molar-refractivity contribution in [2.24, 2.45) is 0 Å². The van der Waals surface area contributed by atoms with Crippen molar-refractivity contribution in [1.82, 2.24) is 9.97 Å². The SMILES string of the molecule is CC(OC(=O)c1ccnc2[nH]ccc12)c1ccc(S(C)(=O)=O)cc1. The second kappa shape index (κ2) is 6.09. The molecular formula is C17H16N2O4S. The zero-order chi connectivity index (χ0) is 17.3. The number of aromatic nitrogens is 2. The molecule has 0 fully saturated rings. The first-order valence-electron chi connectivity index (χ1n) is 7.29. The third-order valence-electron chi connectivity index (χ3n) is 3.74. The molecule has 0 aliphatic rings. The van der Waals surface area contributed by atoms with Gasteiger partial charge in [-0.3, -0.25) is 0 Å². The van der Waals surface area contributed by atoms with E-state index in [9.17, 15) is 13.2 Å². The molecule has 1 unspecified atom stereocenters. The van der Waals surface area contributed by atoms with Crippen LogP contribution in [0.1, 0.15) is 28.9 Å². The summed E-state index contributed by atoms with van der Waals surface area (Å²) in [6.45, 7) is 1.74. The number of rotatable bonds is 4. The van der Waals surface area contributed by atoms with Crippen LogP contribution in [0.2, 0.25) is 0 Å². The highest BCUT2D eigenvalue weighted by Crippen LogP contribution is 2.23. The molecule has 6 nitrogen and oxygen atoms in total. The van der Waals surface area contributed by atoms with E-state index in [2.05, 4.69) is 9.97 Å². The van der Waals surface area contributed by atoms with Crippen LogP contribution in [0.3, 0.4) is 0 Å². The fourth-order valence-corrected chi connectivity index (χ4v) is 3.05. The second-order valence-electron chi connectivity index (χ2n) is 5.49. The standard InChI is InChI=1S/C17H16N2O4S/c1-11(12-3-5-13(6-4-12)24(2,21)22)23-17(20)15-8-10-19-16-14(15)7-9-18-16/h3-11H,1-2H3,(H,18,19). The van der Waals surface area contributed by atoms with E-state index < -0.39 is 21.9 Å². The van der Waals surface area contributed by atoms with Crippen molar-refractivity contribution in [3.63, 3.8) is 0 Å². The Hall–Kier alpha value is -2.67. The number of carbonyl (C=O) groups is 1. The minimum absolute atomic E-state index is 0.230. The molecule has 3 rings (SSSR count). The summed E-state index contributed by atoms with van der Waals surface area (Å²) in [5.41, 5.74) is 1.77. The van der Waals surface area contributed by atoms with Crippen LogP contribution in [-0.4, -0.2) is 30.6 Å². The zero-order valence-corrected chi connectivity index (χ0v) is 14.0. The number of sulfone groups is 1. The summed E-state index contributed by atoms with van der Waals surface area (Å²) in [5.74, 6) is -0.457. The van der Waals surface area contributed by atoms with E-state index in [4.69, 9.17) is 4.74 Å². The van der Waals surface area contributed by atoms with Gasteiger partial charge in [-0.25, -0.2) is 18.2 Å². The van der Waals surface area contributed by atoms with Crippen LogP contribution in [0.4, 0.5) is 0 Å². The van der Waals surface area contributed by atoms with E-state index >= 15 is 0 Å². The monoisotopic (exact) mass is 344 g/mol. The van der Waals surface area contributed by atoms with Gasteiger partial charge in [-0.1, -0.05) is 12.1 Å². The molecule has 0 bridgehead atoms. The maximum absolute atomic E-state index is 12.4. The van der Waals surface area contributed by atoms with Crippen LogP contribution in [0, 0.1) is 0 Å². The van der Waals surface area contributed by atoms with E-state index in [1.165, 1.54) is 12.1 Å². The maximum Gasteiger partial charge on any atom is 0.339 e.